The molecule has 2 nitrogen and oxygen atoms in total. The topological polar surface area (TPSA) is 29.1 Å². The van der Waals surface area contributed by atoms with Crippen molar-refractivity contribution in [3.05, 3.63) is 34.1 Å². The highest BCUT2D eigenvalue weighted by Gasteiger charge is 2.10. The molecule has 1 N–H and O–H groups in total. The maximum absolute atomic E-state index is 13.5. The van der Waals surface area contributed by atoms with Crippen LogP contribution in [-0.4, -0.2) is 24.5 Å². The van der Waals surface area contributed by atoms with Crippen molar-refractivity contribution in [3.63, 3.8) is 0 Å². The number of benzene rings is 1. The van der Waals surface area contributed by atoms with Gasteiger partial charge < -0.3 is 5.32 Å². The van der Waals surface area contributed by atoms with E-state index in [4.69, 9.17) is 0 Å². The molecule has 0 aliphatic heterocycles. The first-order valence-electron chi connectivity index (χ1n) is 5.87. The van der Waals surface area contributed by atoms with Gasteiger partial charge in [-0.1, -0.05) is 22.4 Å². The van der Waals surface area contributed by atoms with Crippen LogP contribution in [0.5, 0.6) is 0 Å². The highest BCUT2D eigenvalue weighted by Crippen LogP contribution is 2.15. The molecule has 18 heavy (non-hydrogen) atoms. The van der Waals surface area contributed by atoms with Crippen molar-refractivity contribution in [1.29, 1.82) is 0 Å². The quantitative estimate of drug-likeness (QED) is 0.768. The van der Waals surface area contributed by atoms with Gasteiger partial charge in [0.25, 0.3) is 5.91 Å². The molecule has 0 spiro atoms. The Bertz CT molecular complexity index is 401. The highest BCUT2D eigenvalue weighted by atomic mass is 79.9. The number of amides is 1. The van der Waals surface area contributed by atoms with Gasteiger partial charge in [0.15, 0.2) is 0 Å². The number of hydrogen-bond donors (Lipinski definition) is 1. The van der Waals surface area contributed by atoms with Gasteiger partial charge in [-0.3, -0.25) is 4.79 Å². The SMILES string of the molecule is CSCCCCCNC(=O)c1ccc(Br)cc1F. The van der Waals surface area contributed by atoms with Gasteiger partial charge in [-0.15, -0.1) is 0 Å². The van der Waals surface area contributed by atoms with Crippen LogP contribution in [0, 0.1) is 5.82 Å². The van der Waals surface area contributed by atoms with Crippen LogP contribution in [-0.2, 0) is 0 Å². The predicted molar refractivity (Wildman–Crippen MR) is 78.7 cm³/mol. The van der Waals surface area contributed by atoms with Crippen LogP contribution in [0.3, 0.4) is 0 Å². The molecule has 0 atom stereocenters. The molecule has 0 aromatic heterocycles. The summed E-state index contributed by atoms with van der Waals surface area (Å²) in [6.07, 6.45) is 5.26. The summed E-state index contributed by atoms with van der Waals surface area (Å²) in [6.45, 7) is 0.600. The molecular formula is C13H17BrFNOS. The van der Waals surface area contributed by atoms with Gasteiger partial charge >= 0.3 is 0 Å². The van der Waals surface area contributed by atoms with Gasteiger partial charge in [0.2, 0.25) is 0 Å². The minimum absolute atomic E-state index is 0.0994. The largest absolute Gasteiger partial charge is 0.352 e. The molecule has 5 heteroatoms. The van der Waals surface area contributed by atoms with E-state index in [2.05, 4.69) is 27.5 Å². The summed E-state index contributed by atoms with van der Waals surface area (Å²) < 4.78 is 14.1. The Morgan fingerprint density at radius 2 is 2.17 bits per heavy atom. The first-order chi connectivity index (χ1) is 8.65. The normalized spacial score (nSPS) is 10.4. The molecule has 0 unspecified atom stereocenters. The van der Waals surface area contributed by atoms with Crippen LogP contribution in [0.2, 0.25) is 0 Å². The molecule has 1 amide bonds. The Balaban J connectivity index is 2.32. The molecule has 0 bridgehead atoms. The van der Waals surface area contributed by atoms with Crippen LogP contribution < -0.4 is 5.32 Å². The minimum Gasteiger partial charge on any atom is -0.352 e. The first kappa shape index (κ1) is 15.5. The maximum atomic E-state index is 13.5. The van der Waals surface area contributed by atoms with Gasteiger partial charge in [0, 0.05) is 11.0 Å². The van der Waals surface area contributed by atoms with Crippen molar-refractivity contribution in [3.8, 4) is 0 Å². The highest BCUT2D eigenvalue weighted by molar-refractivity contribution is 9.10. The van der Waals surface area contributed by atoms with E-state index in [1.807, 2.05) is 11.8 Å². The van der Waals surface area contributed by atoms with Crippen molar-refractivity contribution in [2.45, 2.75) is 19.3 Å². The van der Waals surface area contributed by atoms with E-state index in [0.29, 0.717) is 11.0 Å². The molecule has 0 aliphatic rings. The monoisotopic (exact) mass is 333 g/mol. The molecule has 0 radical (unpaired) electrons. The molecule has 1 aromatic rings. The predicted octanol–water partition coefficient (Wildman–Crippen LogP) is 3.85. The number of rotatable bonds is 7. The summed E-state index contributed by atoms with van der Waals surface area (Å²) in [5, 5.41) is 2.74. The van der Waals surface area contributed by atoms with Crippen molar-refractivity contribution < 1.29 is 9.18 Å². The second-order valence-corrected chi connectivity index (χ2v) is 5.83. The number of thioether (sulfide) groups is 1. The van der Waals surface area contributed by atoms with Crippen LogP contribution in [0.15, 0.2) is 22.7 Å². The zero-order valence-electron chi connectivity index (χ0n) is 10.3. The lowest BCUT2D eigenvalue weighted by molar-refractivity contribution is 0.0949. The smallest absolute Gasteiger partial charge is 0.254 e. The molecule has 0 fully saturated rings. The molecule has 1 rings (SSSR count). The van der Waals surface area contributed by atoms with E-state index in [-0.39, 0.29) is 11.5 Å². The number of halogens is 2. The fourth-order valence-electron chi connectivity index (χ4n) is 1.52. The lowest BCUT2D eigenvalue weighted by atomic mass is 10.2. The third kappa shape index (κ3) is 5.40. The van der Waals surface area contributed by atoms with Crippen LogP contribution in [0.1, 0.15) is 29.6 Å². The summed E-state index contributed by atoms with van der Waals surface area (Å²) in [7, 11) is 0. The Morgan fingerprint density at radius 3 is 2.83 bits per heavy atom. The van der Waals surface area contributed by atoms with Gasteiger partial charge in [0.1, 0.15) is 5.82 Å². The Hall–Kier alpha value is -0.550. The summed E-state index contributed by atoms with van der Waals surface area (Å²) in [5.74, 6) is 0.309. The average molecular weight is 334 g/mol. The summed E-state index contributed by atoms with van der Waals surface area (Å²) in [6, 6.07) is 4.45. The van der Waals surface area contributed by atoms with Crippen molar-refractivity contribution >= 4 is 33.6 Å². The van der Waals surface area contributed by atoms with Crippen LogP contribution in [0.25, 0.3) is 0 Å². The summed E-state index contributed by atoms with van der Waals surface area (Å²) in [5.41, 5.74) is 0.0994. The molecular weight excluding hydrogens is 317 g/mol. The third-order valence-corrected chi connectivity index (χ3v) is 3.68. The van der Waals surface area contributed by atoms with Gasteiger partial charge in [-0.25, -0.2) is 4.39 Å². The second kappa shape index (κ2) is 8.53. The van der Waals surface area contributed by atoms with Crippen molar-refractivity contribution in [2.75, 3.05) is 18.6 Å². The number of unbranched alkanes of at least 4 members (excludes halogenated alkanes) is 2. The molecule has 0 saturated carbocycles. The standard InChI is InChI=1S/C13H17BrFNOS/c1-18-8-4-2-3-7-16-13(17)11-6-5-10(14)9-12(11)15/h5-6,9H,2-4,7-8H2,1H3,(H,16,17). The Morgan fingerprint density at radius 1 is 1.39 bits per heavy atom. The Kier molecular flexibility index (Phi) is 7.35. The van der Waals surface area contributed by atoms with Gasteiger partial charge in [-0.05, 0) is 43.0 Å². The molecule has 0 heterocycles. The first-order valence-corrected chi connectivity index (χ1v) is 8.06. The van der Waals surface area contributed by atoms with Crippen molar-refractivity contribution in [1.82, 2.24) is 5.32 Å². The number of carbonyl (C=O) groups is 1. The fraction of sp³-hybridized carbons (Fsp3) is 0.462. The van der Waals surface area contributed by atoms with Crippen molar-refractivity contribution in [2.24, 2.45) is 0 Å². The molecule has 0 aliphatic carbocycles. The number of hydrogen-bond acceptors (Lipinski definition) is 2. The van der Waals surface area contributed by atoms with Crippen LogP contribution in [0.4, 0.5) is 4.39 Å². The van der Waals surface area contributed by atoms with E-state index in [1.54, 1.807) is 6.07 Å². The molecule has 0 saturated heterocycles. The van der Waals surface area contributed by atoms with Gasteiger partial charge in [-0.2, -0.15) is 11.8 Å². The van der Waals surface area contributed by atoms with E-state index in [1.165, 1.54) is 12.1 Å². The third-order valence-electron chi connectivity index (χ3n) is 2.49. The molecule has 100 valence electrons. The van der Waals surface area contributed by atoms with E-state index in [0.717, 1.165) is 25.0 Å². The second-order valence-electron chi connectivity index (χ2n) is 3.93. The summed E-state index contributed by atoms with van der Waals surface area (Å²) >= 11 is 4.98. The number of nitrogens with one attached hydrogen (secondary N) is 1. The van der Waals surface area contributed by atoms with Gasteiger partial charge in [0.05, 0.1) is 5.56 Å². The van der Waals surface area contributed by atoms with E-state index >= 15 is 0 Å². The van der Waals surface area contributed by atoms with E-state index in [9.17, 15) is 9.18 Å². The molecule has 1 aromatic carbocycles. The fourth-order valence-corrected chi connectivity index (χ4v) is 2.34. The summed E-state index contributed by atoms with van der Waals surface area (Å²) in [4.78, 5) is 11.7. The number of carbonyl (C=O) groups excluding carboxylic acids is 1. The van der Waals surface area contributed by atoms with Crippen LogP contribution >= 0.6 is 27.7 Å². The lowest BCUT2D eigenvalue weighted by Gasteiger charge is -2.06. The zero-order valence-corrected chi connectivity index (χ0v) is 12.7. The zero-order chi connectivity index (χ0) is 13.4. The Labute approximate surface area is 120 Å². The van der Waals surface area contributed by atoms with E-state index < -0.39 is 5.82 Å². The lowest BCUT2D eigenvalue weighted by Crippen LogP contribution is -2.25. The average Bonchev–Trinajstić information content (AvgIpc) is 2.33. The minimum atomic E-state index is -0.496. The maximum Gasteiger partial charge on any atom is 0.254 e.